The zero-order valence-corrected chi connectivity index (χ0v) is 11.1. The highest BCUT2D eigenvalue weighted by atomic mass is 35.5. The Hall–Kier alpha value is -2.00. The zero-order chi connectivity index (χ0) is 13.8. The van der Waals surface area contributed by atoms with Crippen LogP contribution in [0, 0.1) is 0 Å². The van der Waals surface area contributed by atoms with E-state index in [1.165, 1.54) is 0 Å². The fraction of sp³-hybridized carbons (Fsp3) is 0.133. The minimum absolute atomic E-state index is 0.541. The van der Waals surface area contributed by atoms with Gasteiger partial charge in [-0.05, 0) is 37.3 Å². The van der Waals surface area contributed by atoms with E-state index >= 15 is 0 Å². The molecule has 1 N–H and O–H groups in total. The molecule has 3 nitrogen and oxygen atoms in total. The molecule has 0 saturated heterocycles. The SMILES string of the molecule is CC(C(=O)O)c1ccccc1Oc1ccc(Cl)cc1. The Kier molecular flexibility index (Phi) is 4.07. The monoisotopic (exact) mass is 276 g/mol. The first-order valence-electron chi connectivity index (χ1n) is 5.83. The second-order valence-electron chi connectivity index (χ2n) is 4.15. The van der Waals surface area contributed by atoms with Gasteiger partial charge in [-0.1, -0.05) is 29.8 Å². The minimum Gasteiger partial charge on any atom is -0.481 e. The van der Waals surface area contributed by atoms with E-state index in [0.717, 1.165) is 0 Å². The highest BCUT2D eigenvalue weighted by Gasteiger charge is 2.18. The van der Waals surface area contributed by atoms with E-state index in [4.69, 9.17) is 21.4 Å². The van der Waals surface area contributed by atoms with Crippen molar-refractivity contribution in [3.05, 3.63) is 59.1 Å². The molecule has 0 aromatic heterocycles. The highest BCUT2D eigenvalue weighted by molar-refractivity contribution is 6.30. The first-order valence-corrected chi connectivity index (χ1v) is 6.21. The summed E-state index contributed by atoms with van der Waals surface area (Å²) in [6.45, 7) is 1.63. The lowest BCUT2D eigenvalue weighted by Gasteiger charge is -2.13. The first-order chi connectivity index (χ1) is 9.08. The summed E-state index contributed by atoms with van der Waals surface area (Å²) in [5.74, 6) is -0.343. The van der Waals surface area contributed by atoms with Gasteiger partial charge >= 0.3 is 5.97 Å². The summed E-state index contributed by atoms with van der Waals surface area (Å²) in [6.07, 6.45) is 0. The van der Waals surface area contributed by atoms with Gasteiger partial charge < -0.3 is 9.84 Å². The maximum absolute atomic E-state index is 11.1. The van der Waals surface area contributed by atoms with Crippen molar-refractivity contribution in [1.29, 1.82) is 0 Å². The highest BCUT2D eigenvalue weighted by Crippen LogP contribution is 2.31. The molecule has 19 heavy (non-hydrogen) atoms. The normalized spacial score (nSPS) is 11.9. The smallest absolute Gasteiger partial charge is 0.310 e. The summed E-state index contributed by atoms with van der Waals surface area (Å²) >= 11 is 5.80. The third kappa shape index (κ3) is 3.26. The molecule has 0 amide bonds. The first kappa shape index (κ1) is 13.4. The number of carboxylic acid groups (broad SMARTS) is 1. The van der Waals surface area contributed by atoms with Crippen molar-refractivity contribution >= 4 is 17.6 Å². The molecule has 0 aliphatic heterocycles. The van der Waals surface area contributed by atoms with Gasteiger partial charge in [-0.2, -0.15) is 0 Å². The Labute approximate surface area is 116 Å². The van der Waals surface area contributed by atoms with E-state index in [1.807, 2.05) is 6.07 Å². The maximum atomic E-state index is 11.1. The van der Waals surface area contributed by atoms with Gasteiger partial charge in [0.05, 0.1) is 5.92 Å². The Balaban J connectivity index is 2.30. The lowest BCUT2D eigenvalue weighted by molar-refractivity contribution is -0.138. The van der Waals surface area contributed by atoms with Crippen LogP contribution in [0.1, 0.15) is 18.4 Å². The van der Waals surface area contributed by atoms with Gasteiger partial charge in [0.15, 0.2) is 0 Å². The van der Waals surface area contributed by atoms with Crippen molar-refractivity contribution in [2.24, 2.45) is 0 Å². The van der Waals surface area contributed by atoms with E-state index in [0.29, 0.717) is 22.1 Å². The van der Waals surface area contributed by atoms with Gasteiger partial charge in [-0.25, -0.2) is 0 Å². The predicted molar refractivity (Wildman–Crippen MR) is 74.0 cm³/mol. The fourth-order valence-corrected chi connectivity index (χ4v) is 1.82. The van der Waals surface area contributed by atoms with Crippen LogP contribution in [0.2, 0.25) is 5.02 Å². The quantitative estimate of drug-likeness (QED) is 0.904. The van der Waals surface area contributed by atoms with Crippen LogP contribution in [0.15, 0.2) is 48.5 Å². The minimum atomic E-state index is -0.882. The molecule has 0 spiro atoms. The number of hydrogen-bond donors (Lipinski definition) is 1. The molecule has 4 heteroatoms. The lowest BCUT2D eigenvalue weighted by Crippen LogP contribution is -2.08. The zero-order valence-electron chi connectivity index (χ0n) is 10.3. The van der Waals surface area contributed by atoms with E-state index in [2.05, 4.69) is 0 Å². The molecule has 0 aliphatic carbocycles. The van der Waals surface area contributed by atoms with Crippen LogP contribution < -0.4 is 4.74 Å². The van der Waals surface area contributed by atoms with E-state index in [1.54, 1.807) is 49.4 Å². The van der Waals surface area contributed by atoms with Gasteiger partial charge in [0.2, 0.25) is 0 Å². The predicted octanol–water partition coefficient (Wildman–Crippen LogP) is 4.32. The number of benzene rings is 2. The summed E-state index contributed by atoms with van der Waals surface area (Å²) in [7, 11) is 0. The molecule has 0 radical (unpaired) electrons. The Morgan fingerprint density at radius 1 is 1.16 bits per heavy atom. The second kappa shape index (κ2) is 5.76. The Bertz CT molecular complexity index is 578. The molecular formula is C15H13ClO3. The van der Waals surface area contributed by atoms with Crippen LogP contribution in [0.25, 0.3) is 0 Å². The molecule has 2 aromatic rings. The molecular weight excluding hydrogens is 264 g/mol. The Morgan fingerprint density at radius 3 is 2.42 bits per heavy atom. The van der Waals surface area contributed by atoms with Crippen molar-refractivity contribution in [2.75, 3.05) is 0 Å². The lowest BCUT2D eigenvalue weighted by atomic mass is 10.0. The maximum Gasteiger partial charge on any atom is 0.310 e. The number of ether oxygens (including phenoxy) is 1. The van der Waals surface area contributed by atoms with Crippen LogP contribution in [0.4, 0.5) is 0 Å². The van der Waals surface area contributed by atoms with Crippen LogP contribution in [-0.4, -0.2) is 11.1 Å². The summed E-state index contributed by atoms with van der Waals surface area (Å²) < 4.78 is 5.71. The van der Waals surface area contributed by atoms with Crippen molar-refractivity contribution in [2.45, 2.75) is 12.8 Å². The van der Waals surface area contributed by atoms with Crippen LogP contribution in [0.3, 0.4) is 0 Å². The number of halogens is 1. The third-order valence-corrected chi connectivity index (χ3v) is 3.05. The van der Waals surface area contributed by atoms with Gasteiger partial charge in [-0.3, -0.25) is 4.79 Å². The number of aliphatic carboxylic acids is 1. The summed E-state index contributed by atoms with van der Waals surface area (Å²) in [5.41, 5.74) is 0.643. The molecule has 0 fully saturated rings. The molecule has 1 unspecified atom stereocenters. The molecule has 0 bridgehead atoms. The second-order valence-corrected chi connectivity index (χ2v) is 4.59. The number of carboxylic acids is 1. The molecule has 98 valence electrons. The summed E-state index contributed by atoms with van der Waals surface area (Å²) in [5, 5.41) is 9.71. The molecule has 1 atom stereocenters. The molecule has 0 heterocycles. The van der Waals surface area contributed by atoms with Gasteiger partial charge in [-0.15, -0.1) is 0 Å². The van der Waals surface area contributed by atoms with Gasteiger partial charge in [0.25, 0.3) is 0 Å². The standard InChI is InChI=1S/C15H13ClO3/c1-10(15(17)18)13-4-2-3-5-14(13)19-12-8-6-11(16)7-9-12/h2-10H,1H3,(H,17,18). The van der Waals surface area contributed by atoms with E-state index in [-0.39, 0.29) is 0 Å². The van der Waals surface area contributed by atoms with Crippen molar-refractivity contribution in [3.63, 3.8) is 0 Å². The van der Waals surface area contributed by atoms with Gasteiger partial charge in [0.1, 0.15) is 11.5 Å². The molecule has 0 aliphatic rings. The molecule has 2 aromatic carbocycles. The molecule has 0 saturated carbocycles. The number of hydrogen-bond acceptors (Lipinski definition) is 2. The molecule has 2 rings (SSSR count). The van der Waals surface area contributed by atoms with E-state index in [9.17, 15) is 4.79 Å². The number of para-hydroxylation sites is 1. The third-order valence-electron chi connectivity index (χ3n) is 2.80. The fourth-order valence-electron chi connectivity index (χ4n) is 1.69. The average Bonchev–Trinajstić information content (AvgIpc) is 2.41. The van der Waals surface area contributed by atoms with Crippen molar-refractivity contribution in [1.82, 2.24) is 0 Å². The van der Waals surface area contributed by atoms with Gasteiger partial charge in [0, 0.05) is 10.6 Å². The van der Waals surface area contributed by atoms with Crippen molar-refractivity contribution in [3.8, 4) is 11.5 Å². The Morgan fingerprint density at radius 2 is 1.79 bits per heavy atom. The van der Waals surface area contributed by atoms with Crippen LogP contribution in [-0.2, 0) is 4.79 Å². The van der Waals surface area contributed by atoms with Crippen molar-refractivity contribution < 1.29 is 14.6 Å². The number of rotatable bonds is 4. The number of carbonyl (C=O) groups is 1. The summed E-state index contributed by atoms with van der Waals surface area (Å²) in [6, 6.07) is 14.0. The van der Waals surface area contributed by atoms with Crippen LogP contribution >= 0.6 is 11.6 Å². The largest absolute Gasteiger partial charge is 0.481 e. The topological polar surface area (TPSA) is 46.5 Å². The van der Waals surface area contributed by atoms with Crippen LogP contribution in [0.5, 0.6) is 11.5 Å². The summed E-state index contributed by atoms with van der Waals surface area (Å²) in [4.78, 5) is 11.1. The van der Waals surface area contributed by atoms with E-state index < -0.39 is 11.9 Å². The average molecular weight is 277 g/mol.